The molecule has 18 heavy (non-hydrogen) atoms. The predicted octanol–water partition coefficient (Wildman–Crippen LogP) is 0.439. The summed E-state index contributed by atoms with van der Waals surface area (Å²) in [5.41, 5.74) is -0.0457. The smallest absolute Gasteiger partial charge is 0.239 e. The molecule has 106 valence electrons. The van der Waals surface area contributed by atoms with Crippen LogP contribution >= 0.6 is 12.4 Å². The Balaban J connectivity index is 0.00000289. The van der Waals surface area contributed by atoms with Crippen LogP contribution in [-0.2, 0) is 9.59 Å². The molecule has 0 spiro atoms. The highest BCUT2D eigenvalue weighted by Gasteiger charge is 2.18. The SMILES string of the molecule is CC(C)(C)CC(=O)NCC(=O)NC1CCNC1.Cl. The molecule has 1 aliphatic rings. The molecule has 1 fully saturated rings. The Labute approximate surface area is 115 Å². The standard InChI is InChI=1S/C12H23N3O2.ClH/c1-12(2,3)6-10(16)14-8-11(17)15-9-4-5-13-7-9;/h9,13H,4-8H2,1-3H3,(H,14,16)(H,15,17);1H. The number of rotatable bonds is 4. The average Bonchev–Trinajstić information content (AvgIpc) is 2.64. The van der Waals surface area contributed by atoms with Gasteiger partial charge in [0.2, 0.25) is 11.8 Å². The number of hydrogen-bond donors (Lipinski definition) is 3. The van der Waals surface area contributed by atoms with Crippen molar-refractivity contribution < 1.29 is 9.59 Å². The molecule has 1 rings (SSSR count). The minimum atomic E-state index is -0.110. The van der Waals surface area contributed by atoms with Crippen molar-refractivity contribution in [1.29, 1.82) is 0 Å². The summed E-state index contributed by atoms with van der Waals surface area (Å²) in [6.07, 6.45) is 1.40. The molecule has 0 aromatic rings. The van der Waals surface area contributed by atoms with Crippen LogP contribution in [0.3, 0.4) is 0 Å². The molecule has 1 aliphatic heterocycles. The van der Waals surface area contributed by atoms with Crippen LogP contribution < -0.4 is 16.0 Å². The number of carbonyl (C=O) groups is 2. The fraction of sp³-hybridized carbons (Fsp3) is 0.833. The number of nitrogens with one attached hydrogen (secondary N) is 3. The van der Waals surface area contributed by atoms with Crippen LogP contribution in [0.25, 0.3) is 0 Å². The molecule has 6 heteroatoms. The Morgan fingerprint density at radius 1 is 1.28 bits per heavy atom. The van der Waals surface area contributed by atoms with Crippen molar-refractivity contribution in [3.05, 3.63) is 0 Å². The number of amides is 2. The van der Waals surface area contributed by atoms with Crippen molar-refractivity contribution >= 4 is 24.2 Å². The van der Waals surface area contributed by atoms with E-state index in [1.807, 2.05) is 20.8 Å². The molecule has 0 bridgehead atoms. The molecule has 3 N–H and O–H groups in total. The van der Waals surface area contributed by atoms with Crippen LogP contribution in [0.1, 0.15) is 33.6 Å². The van der Waals surface area contributed by atoms with Gasteiger partial charge in [-0.2, -0.15) is 0 Å². The summed E-state index contributed by atoms with van der Waals surface area (Å²) in [4.78, 5) is 23.0. The molecular weight excluding hydrogens is 254 g/mol. The van der Waals surface area contributed by atoms with Crippen molar-refractivity contribution in [2.45, 2.75) is 39.7 Å². The van der Waals surface area contributed by atoms with E-state index in [0.29, 0.717) is 6.42 Å². The quantitative estimate of drug-likeness (QED) is 0.698. The first-order chi connectivity index (χ1) is 7.87. The van der Waals surface area contributed by atoms with E-state index in [4.69, 9.17) is 0 Å². The van der Waals surface area contributed by atoms with Crippen LogP contribution in [0.5, 0.6) is 0 Å². The highest BCUT2D eigenvalue weighted by atomic mass is 35.5. The molecule has 0 aromatic carbocycles. The lowest BCUT2D eigenvalue weighted by atomic mass is 9.92. The second-order valence-electron chi connectivity index (χ2n) is 5.77. The lowest BCUT2D eigenvalue weighted by molar-refractivity contribution is -0.127. The second-order valence-corrected chi connectivity index (χ2v) is 5.77. The van der Waals surface area contributed by atoms with E-state index in [0.717, 1.165) is 19.5 Å². The summed E-state index contributed by atoms with van der Waals surface area (Å²) < 4.78 is 0. The van der Waals surface area contributed by atoms with Crippen LogP contribution in [0.15, 0.2) is 0 Å². The molecule has 1 heterocycles. The highest BCUT2D eigenvalue weighted by Crippen LogP contribution is 2.17. The van der Waals surface area contributed by atoms with Crippen LogP contribution in [0.2, 0.25) is 0 Å². The van der Waals surface area contributed by atoms with Gasteiger partial charge in [-0.3, -0.25) is 9.59 Å². The number of hydrogen-bond acceptors (Lipinski definition) is 3. The topological polar surface area (TPSA) is 70.2 Å². The van der Waals surface area contributed by atoms with Gasteiger partial charge in [-0.15, -0.1) is 12.4 Å². The minimum Gasteiger partial charge on any atom is -0.351 e. The van der Waals surface area contributed by atoms with Gasteiger partial charge in [-0.05, 0) is 18.4 Å². The van der Waals surface area contributed by atoms with Crippen molar-refractivity contribution in [3.8, 4) is 0 Å². The van der Waals surface area contributed by atoms with Crippen molar-refractivity contribution in [1.82, 2.24) is 16.0 Å². The highest BCUT2D eigenvalue weighted by molar-refractivity contribution is 5.85. The summed E-state index contributed by atoms with van der Waals surface area (Å²) in [5, 5.41) is 8.69. The Bertz CT molecular complexity index is 284. The van der Waals surface area contributed by atoms with Gasteiger partial charge in [0.15, 0.2) is 0 Å². The van der Waals surface area contributed by atoms with Crippen LogP contribution in [0, 0.1) is 5.41 Å². The molecule has 0 aliphatic carbocycles. The Kier molecular flexibility index (Phi) is 7.25. The van der Waals surface area contributed by atoms with Crippen molar-refractivity contribution in [2.75, 3.05) is 19.6 Å². The third kappa shape index (κ3) is 7.50. The van der Waals surface area contributed by atoms with Gasteiger partial charge in [0.25, 0.3) is 0 Å². The zero-order chi connectivity index (χ0) is 12.9. The molecule has 1 saturated heterocycles. The number of halogens is 1. The van der Waals surface area contributed by atoms with E-state index >= 15 is 0 Å². The zero-order valence-corrected chi connectivity index (χ0v) is 12.2. The number of carbonyl (C=O) groups excluding carboxylic acids is 2. The van der Waals surface area contributed by atoms with Gasteiger partial charge < -0.3 is 16.0 Å². The molecule has 0 aromatic heterocycles. The van der Waals surface area contributed by atoms with Gasteiger partial charge in [-0.1, -0.05) is 20.8 Å². The van der Waals surface area contributed by atoms with Gasteiger partial charge in [0.05, 0.1) is 6.54 Å². The summed E-state index contributed by atoms with van der Waals surface area (Å²) in [6, 6.07) is 0.210. The fourth-order valence-electron chi connectivity index (χ4n) is 1.78. The summed E-state index contributed by atoms with van der Waals surface area (Å²) in [6.45, 7) is 7.83. The maximum Gasteiger partial charge on any atom is 0.239 e. The van der Waals surface area contributed by atoms with E-state index in [2.05, 4.69) is 16.0 Å². The van der Waals surface area contributed by atoms with Crippen LogP contribution in [-0.4, -0.2) is 37.5 Å². The average molecular weight is 278 g/mol. The summed E-state index contributed by atoms with van der Waals surface area (Å²) in [5.74, 6) is -0.182. The maximum absolute atomic E-state index is 11.5. The van der Waals surface area contributed by atoms with Gasteiger partial charge in [0.1, 0.15) is 0 Å². The van der Waals surface area contributed by atoms with E-state index in [1.165, 1.54) is 0 Å². The third-order valence-electron chi connectivity index (χ3n) is 2.56. The molecule has 0 radical (unpaired) electrons. The molecular formula is C12H24ClN3O2. The molecule has 0 saturated carbocycles. The van der Waals surface area contributed by atoms with E-state index < -0.39 is 0 Å². The largest absolute Gasteiger partial charge is 0.351 e. The van der Waals surface area contributed by atoms with E-state index in [-0.39, 0.29) is 42.2 Å². The normalized spacial score (nSPS) is 18.9. The third-order valence-corrected chi connectivity index (χ3v) is 2.56. The van der Waals surface area contributed by atoms with Gasteiger partial charge in [-0.25, -0.2) is 0 Å². The summed E-state index contributed by atoms with van der Waals surface area (Å²) in [7, 11) is 0. The van der Waals surface area contributed by atoms with Crippen LogP contribution in [0.4, 0.5) is 0 Å². The Morgan fingerprint density at radius 3 is 2.44 bits per heavy atom. The predicted molar refractivity (Wildman–Crippen MR) is 73.7 cm³/mol. The first-order valence-corrected chi connectivity index (χ1v) is 6.13. The van der Waals surface area contributed by atoms with E-state index in [9.17, 15) is 9.59 Å². The molecule has 2 amide bonds. The molecule has 1 unspecified atom stereocenters. The first kappa shape index (κ1) is 17.2. The summed E-state index contributed by atoms with van der Waals surface area (Å²) >= 11 is 0. The van der Waals surface area contributed by atoms with Crippen molar-refractivity contribution in [2.24, 2.45) is 5.41 Å². The zero-order valence-electron chi connectivity index (χ0n) is 11.3. The lowest BCUT2D eigenvalue weighted by Gasteiger charge is -2.17. The van der Waals surface area contributed by atoms with Gasteiger partial charge >= 0.3 is 0 Å². The monoisotopic (exact) mass is 277 g/mol. The fourth-order valence-corrected chi connectivity index (χ4v) is 1.78. The molecule has 5 nitrogen and oxygen atoms in total. The van der Waals surface area contributed by atoms with Crippen molar-refractivity contribution in [3.63, 3.8) is 0 Å². The van der Waals surface area contributed by atoms with Gasteiger partial charge in [0, 0.05) is 19.0 Å². The Morgan fingerprint density at radius 2 is 1.94 bits per heavy atom. The Hall–Kier alpha value is -0.810. The van der Waals surface area contributed by atoms with E-state index in [1.54, 1.807) is 0 Å². The maximum atomic E-state index is 11.5. The first-order valence-electron chi connectivity index (χ1n) is 6.13. The minimum absolute atomic E-state index is 0. The molecule has 1 atom stereocenters. The lowest BCUT2D eigenvalue weighted by Crippen LogP contribution is -2.43. The second kappa shape index (κ2) is 7.59.